The van der Waals surface area contributed by atoms with Gasteiger partial charge in [0.1, 0.15) is 58.3 Å². The molecule has 0 aliphatic carbocycles. The number of carboxylic acids is 1. The number of amides is 4. The molecule has 8 aromatic heterocycles. The van der Waals surface area contributed by atoms with E-state index >= 15 is 0 Å². The lowest BCUT2D eigenvalue weighted by Crippen LogP contribution is -2.53. The van der Waals surface area contributed by atoms with Crippen LogP contribution in [0, 0.1) is 17.8 Å². The summed E-state index contributed by atoms with van der Waals surface area (Å²) < 4.78 is 17.7. The Balaban J connectivity index is 0.000000145. The van der Waals surface area contributed by atoms with Gasteiger partial charge < -0.3 is 80.0 Å². The van der Waals surface area contributed by atoms with E-state index in [9.17, 15) is 28.8 Å². The second-order valence-corrected chi connectivity index (χ2v) is 35.9. The molecule has 8 N–H and O–H groups in total. The van der Waals surface area contributed by atoms with Crippen molar-refractivity contribution < 1.29 is 48.1 Å². The number of nitrogens with one attached hydrogen (secondary N) is 7. The summed E-state index contributed by atoms with van der Waals surface area (Å²) in [5.41, 5.74) is 4.12. The molecule has 6 saturated heterocycles. The number of halogens is 7. The van der Waals surface area contributed by atoms with Crippen LogP contribution in [0.5, 0.6) is 0 Å². The van der Waals surface area contributed by atoms with E-state index in [1.54, 1.807) is 96.8 Å². The maximum Gasteiger partial charge on any atom is 0.419 e. The molecule has 3 aromatic carbocycles. The first-order valence-electron chi connectivity index (χ1n) is 40.1. The van der Waals surface area contributed by atoms with E-state index in [1.165, 1.54) is 22.7 Å². The van der Waals surface area contributed by atoms with Crippen molar-refractivity contribution in [2.45, 2.75) is 136 Å². The molecule has 6 fully saturated rings. The fraction of sp³-hybridized carbons (Fsp3) is 0.419. The predicted molar refractivity (Wildman–Crippen MR) is 482 cm³/mol. The molecule has 0 spiro atoms. The number of aromatic nitrogens is 10. The molecule has 122 heavy (non-hydrogen) atoms. The molecule has 11 aromatic rings. The minimum atomic E-state index is -0.934. The first-order valence-corrected chi connectivity index (χ1v) is 42.8. The Hall–Kier alpha value is -10.1. The summed E-state index contributed by atoms with van der Waals surface area (Å²) in [7, 11) is 0. The molecule has 0 radical (unpaired) electrons. The molecule has 17 rings (SSSR count). The number of anilines is 4. The number of piperidine rings is 3. The van der Waals surface area contributed by atoms with Crippen molar-refractivity contribution in [1.82, 2.24) is 74.3 Å². The molecule has 0 bridgehead atoms. The van der Waals surface area contributed by atoms with Crippen LogP contribution in [-0.4, -0.2) is 224 Å². The number of hydrogen-bond donors (Lipinski definition) is 8. The summed E-state index contributed by atoms with van der Waals surface area (Å²) in [6.07, 6.45) is 22.8. The number of benzene rings is 3. The number of ether oxygens (including phenoxy) is 3. The van der Waals surface area contributed by atoms with Crippen LogP contribution >= 0.6 is 81.2 Å². The number of pyridine rings is 2. The van der Waals surface area contributed by atoms with Crippen LogP contribution in [0.3, 0.4) is 0 Å². The first-order chi connectivity index (χ1) is 58.1. The normalized spacial score (nSPS) is 18.4. The summed E-state index contributed by atoms with van der Waals surface area (Å²) in [5, 5.41) is 28.3. The summed E-state index contributed by atoms with van der Waals surface area (Å²) in [6.45, 7) is 24.3. The second kappa shape index (κ2) is 42.3. The van der Waals surface area contributed by atoms with Crippen molar-refractivity contribution in [3.05, 3.63) is 189 Å². The zero-order chi connectivity index (χ0) is 87.6. The number of fused-ring (bicyclic) bond motifs is 7. The average molecular weight is 1810 g/mol. The Morgan fingerprint density at radius 3 is 1.46 bits per heavy atom. The standard InChI is InChI=1S/C21H22Cl2N6O.C20H27Cl2N3O3.C12H22N2O2.C12H14N2O2.C8H7Cl2NO2.C7H6N2.C6H4ClN3/c22-14-7-15(23)9-16(8-14)25-10-19(30)28-5-2-13-3-6-29(18(13)11-28)21-17-1-4-24-20(17)26-12-27-21;1-20(2,3)28-19(27)25-7-5-13-4-6-24(12-17(13)25)18(26)11-23-16-9-14(21)8-15(22)10-16;2*1-12(2,3)16-11(15)14-7-5-9-4-6-13-8-10(9)14;9-5-1-6(10)3-7(2-5)11-4-8(12)13;1-3-8-5-7-6(1)2-4-9-7;7-5-4-1-2-8-6(4)10-3-9-5/h1,4,7-9,12-13,18,25H,2-3,5-6,10-11H2,(H,24,26,27);8-10,13,17,23H,4-7,11-12H2,1-3H3;9-10,13H,4-8H2,1-3H3;4-8H,1-3H3;1-3,11H,4H2,(H,12,13);1-5,9H;1-3H,(H,8,9,10). The third kappa shape index (κ3) is 26.7. The van der Waals surface area contributed by atoms with Crippen LogP contribution in [0.4, 0.5) is 37.3 Å². The van der Waals surface area contributed by atoms with E-state index in [-0.39, 0.29) is 61.8 Å². The highest BCUT2D eigenvalue weighted by Gasteiger charge is 2.45. The van der Waals surface area contributed by atoms with E-state index in [1.807, 2.05) is 132 Å². The van der Waals surface area contributed by atoms with Crippen LogP contribution in [-0.2, 0) is 28.6 Å². The molecule has 6 unspecified atom stereocenters. The van der Waals surface area contributed by atoms with Crippen LogP contribution in [0.25, 0.3) is 43.9 Å². The SMILES string of the molecule is CC(C)(C)OC(=O)N1CCC2CCN(C(=O)CNc3cc(Cl)cc(Cl)c3)CC21.CC(C)(C)OC(=O)N1CCC2CCNCC21.CC(C)(C)OC(=O)n1ccc2ccncc21.Clc1ncnc2[nH]ccc12.O=C(CNc1cc(Cl)cc(Cl)c1)N1CCC2CCN(c3ncnc4[nH]ccc34)C2C1.O=C(O)CNc1cc(Cl)cc(Cl)c1.c1cc2cc[nH]c2cn1. The van der Waals surface area contributed by atoms with Gasteiger partial charge in [-0.3, -0.25) is 28.9 Å². The maximum absolute atomic E-state index is 12.9. The van der Waals surface area contributed by atoms with E-state index < -0.39 is 22.8 Å². The number of H-pyrrole nitrogens is 3. The van der Waals surface area contributed by atoms with Crippen LogP contribution in [0.15, 0.2) is 153 Å². The van der Waals surface area contributed by atoms with Gasteiger partial charge in [-0.25, -0.2) is 34.3 Å². The van der Waals surface area contributed by atoms with Gasteiger partial charge in [0.05, 0.1) is 65.4 Å². The first kappa shape index (κ1) is 92.6. The lowest BCUT2D eigenvalue weighted by Gasteiger charge is -2.39. The molecule has 0 saturated carbocycles. The highest BCUT2D eigenvalue weighted by molar-refractivity contribution is 6.36. The number of aliphatic carboxylic acids is 1. The molecule has 29 nitrogen and oxygen atoms in total. The maximum atomic E-state index is 12.9. The number of carbonyl (C=O) groups is 6. The molecule has 14 heterocycles. The van der Waals surface area contributed by atoms with Gasteiger partial charge in [-0.1, -0.05) is 81.2 Å². The molecule has 4 amide bonds. The second-order valence-electron chi connectivity index (χ2n) is 33.0. The van der Waals surface area contributed by atoms with Gasteiger partial charge in [0.25, 0.3) is 0 Å². The number of likely N-dealkylation sites (tertiary alicyclic amines) is 4. The van der Waals surface area contributed by atoms with E-state index in [0.717, 1.165) is 115 Å². The zero-order valence-electron chi connectivity index (χ0n) is 69.3. The minimum absolute atomic E-state index is 0.00872. The number of rotatable bonds is 10. The fourth-order valence-corrected chi connectivity index (χ4v) is 16.9. The van der Waals surface area contributed by atoms with Crippen molar-refractivity contribution in [2.24, 2.45) is 17.8 Å². The number of carboxylic acid groups (broad SMARTS) is 1. The Morgan fingerprint density at radius 2 is 0.926 bits per heavy atom. The van der Waals surface area contributed by atoms with Crippen molar-refractivity contribution in [3.8, 4) is 0 Å². The molecule has 36 heteroatoms. The van der Waals surface area contributed by atoms with E-state index in [2.05, 4.69) is 71.0 Å². The third-order valence-corrected chi connectivity index (χ3v) is 22.3. The van der Waals surface area contributed by atoms with Crippen molar-refractivity contribution in [1.29, 1.82) is 0 Å². The Kier molecular flexibility index (Phi) is 32.1. The minimum Gasteiger partial charge on any atom is -0.480 e. The van der Waals surface area contributed by atoms with Crippen LogP contribution in [0.2, 0.25) is 35.3 Å². The monoisotopic (exact) mass is 1810 g/mol. The van der Waals surface area contributed by atoms with Crippen LogP contribution < -0.4 is 26.2 Å². The lowest BCUT2D eigenvalue weighted by atomic mass is 9.92. The van der Waals surface area contributed by atoms with Gasteiger partial charge in [0, 0.05) is 148 Å². The summed E-state index contributed by atoms with van der Waals surface area (Å²) >= 11 is 41.2. The van der Waals surface area contributed by atoms with E-state index in [0.29, 0.717) is 96.6 Å². The van der Waals surface area contributed by atoms with Gasteiger partial charge >= 0.3 is 24.2 Å². The van der Waals surface area contributed by atoms with Gasteiger partial charge in [0.15, 0.2) is 0 Å². The summed E-state index contributed by atoms with van der Waals surface area (Å²) in [6, 6.07) is 27.3. The molecule has 6 aliphatic rings. The van der Waals surface area contributed by atoms with Gasteiger partial charge in [0.2, 0.25) is 11.8 Å². The Bertz CT molecular complexity index is 5310. The predicted octanol–water partition coefficient (Wildman–Crippen LogP) is 18.2. The van der Waals surface area contributed by atoms with E-state index in [4.69, 9.17) is 101 Å². The number of aromatic amines is 3. The molecular weight excluding hydrogens is 1710 g/mol. The largest absolute Gasteiger partial charge is 0.480 e. The summed E-state index contributed by atoms with van der Waals surface area (Å²) in [4.78, 5) is 116. The highest BCUT2D eigenvalue weighted by atomic mass is 35.5. The number of nitrogens with zero attached hydrogens (tertiary/aromatic N) is 12. The van der Waals surface area contributed by atoms with Crippen molar-refractivity contribution >= 4 is 184 Å². The highest BCUT2D eigenvalue weighted by Crippen LogP contribution is 2.39. The molecule has 6 aliphatic heterocycles. The quantitative estimate of drug-likeness (QED) is 0.0466. The molecule has 6 atom stereocenters. The molecular formula is C86H102Cl7N19O10. The van der Waals surface area contributed by atoms with Crippen molar-refractivity contribution in [3.63, 3.8) is 0 Å². The average Bonchev–Trinajstić information content (AvgIpc) is 1.62. The topological polar surface area (TPSA) is 344 Å². The van der Waals surface area contributed by atoms with Crippen LogP contribution in [0.1, 0.15) is 101 Å². The van der Waals surface area contributed by atoms with Crippen molar-refractivity contribution in [2.75, 3.05) is 99.4 Å². The summed E-state index contributed by atoms with van der Waals surface area (Å²) in [5.74, 6) is 1.77. The third-order valence-electron chi connectivity index (χ3n) is 20.7. The van der Waals surface area contributed by atoms with Gasteiger partial charge in [-0.05, 0) is 216 Å². The smallest absolute Gasteiger partial charge is 0.419 e. The fourth-order valence-electron chi connectivity index (χ4n) is 15.2. The Morgan fingerprint density at radius 1 is 0.475 bits per heavy atom. The van der Waals surface area contributed by atoms with Gasteiger partial charge in [-0.15, -0.1) is 0 Å². The van der Waals surface area contributed by atoms with Gasteiger partial charge in [-0.2, -0.15) is 0 Å². The lowest BCUT2D eigenvalue weighted by molar-refractivity contribution is -0.135. The zero-order valence-corrected chi connectivity index (χ0v) is 74.6. The number of carbonyl (C=O) groups excluding carboxylic acids is 5. The number of hydrogen-bond acceptors (Lipinski definition) is 20. The molecule has 650 valence electrons. The Labute approximate surface area is 742 Å².